The number of amides is 1. The summed E-state index contributed by atoms with van der Waals surface area (Å²) in [5.41, 5.74) is 5.70. The number of benzene rings is 1. The molecule has 1 amide bonds. The van der Waals surface area contributed by atoms with E-state index in [0.717, 1.165) is 0 Å². The van der Waals surface area contributed by atoms with Gasteiger partial charge in [-0.3, -0.25) is 14.9 Å². The number of ether oxygens (including phenoxy) is 1. The second kappa shape index (κ2) is 10.4. The Bertz CT molecular complexity index is 599. The van der Waals surface area contributed by atoms with Gasteiger partial charge in [0.15, 0.2) is 11.9 Å². The zero-order valence-corrected chi connectivity index (χ0v) is 16.3. The van der Waals surface area contributed by atoms with E-state index in [1.54, 1.807) is 14.0 Å². The Hall–Kier alpha value is -1.57. The second-order valence-corrected chi connectivity index (χ2v) is 6.52. The average Bonchev–Trinajstić information content (AvgIpc) is 2.52. The molecule has 0 fully saturated rings. The zero-order chi connectivity index (χ0) is 18.4. The number of carbonyl (C=O) groups excluding carboxylic acids is 1. The van der Waals surface area contributed by atoms with Gasteiger partial charge in [-0.25, -0.2) is 0 Å². The molecule has 25 heavy (non-hydrogen) atoms. The van der Waals surface area contributed by atoms with Gasteiger partial charge in [0, 0.05) is 30.7 Å². The highest BCUT2D eigenvalue weighted by Crippen LogP contribution is 2.30. The fraction of sp³-hybridized carbons (Fsp3) is 0.562. The predicted molar refractivity (Wildman–Crippen MR) is 101 cm³/mol. The lowest BCUT2D eigenvalue weighted by Crippen LogP contribution is -2.40. The first kappa shape index (κ1) is 23.4. The number of hydrogen-bond donors (Lipinski definition) is 1. The summed E-state index contributed by atoms with van der Waals surface area (Å²) in [4.78, 5) is 24.3. The van der Waals surface area contributed by atoms with E-state index >= 15 is 0 Å². The van der Waals surface area contributed by atoms with Crippen LogP contribution >= 0.6 is 24.0 Å². The van der Waals surface area contributed by atoms with E-state index in [1.807, 2.05) is 13.8 Å². The molecule has 0 aromatic heterocycles. The largest absolute Gasteiger partial charge is 0.474 e. The van der Waals surface area contributed by atoms with Crippen LogP contribution in [0.1, 0.15) is 27.2 Å². The Kier molecular flexibility index (Phi) is 9.77. The SMILES string of the molecule is CC(Oc1ccc(Cl)cc1[N+](=O)[O-])C(=O)N(C)CCC(N)C(C)C.Cl. The molecule has 2 unspecified atom stereocenters. The Morgan fingerprint density at radius 1 is 1.40 bits per heavy atom. The quantitative estimate of drug-likeness (QED) is 0.539. The normalized spacial score (nSPS) is 12.9. The summed E-state index contributed by atoms with van der Waals surface area (Å²) in [5, 5.41) is 11.3. The van der Waals surface area contributed by atoms with Gasteiger partial charge in [-0.1, -0.05) is 25.4 Å². The van der Waals surface area contributed by atoms with Gasteiger partial charge >= 0.3 is 5.69 Å². The van der Waals surface area contributed by atoms with Crippen LogP contribution in [0, 0.1) is 16.0 Å². The van der Waals surface area contributed by atoms with Crippen LogP contribution in [0.15, 0.2) is 18.2 Å². The molecule has 1 aromatic rings. The molecular formula is C16H25Cl2N3O4. The number of nitro groups is 1. The van der Waals surface area contributed by atoms with Crippen molar-refractivity contribution in [1.82, 2.24) is 4.90 Å². The Morgan fingerprint density at radius 2 is 2.00 bits per heavy atom. The van der Waals surface area contributed by atoms with E-state index in [4.69, 9.17) is 22.1 Å². The standard InChI is InChI=1S/C16H24ClN3O4.ClH/c1-10(2)13(18)7-8-19(4)16(21)11(3)24-15-6-5-12(17)9-14(15)20(22)23;/h5-6,9-11,13H,7-8,18H2,1-4H3;1H. The van der Waals surface area contributed by atoms with E-state index in [1.165, 1.54) is 23.1 Å². The molecule has 0 spiro atoms. The third-order valence-corrected chi connectivity index (χ3v) is 4.03. The van der Waals surface area contributed by atoms with Crippen LogP contribution in [-0.4, -0.2) is 41.5 Å². The van der Waals surface area contributed by atoms with Crippen LogP contribution in [0.3, 0.4) is 0 Å². The van der Waals surface area contributed by atoms with E-state index in [0.29, 0.717) is 18.9 Å². The first-order valence-corrected chi connectivity index (χ1v) is 8.12. The molecule has 0 saturated carbocycles. The first-order chi connectivity index (χ1) is 11.1. The van der Waals surface area contributed by atoms with Crippen molar-refractivity contribution in [2.24, 2.45) is 11.7 Å². The zero-order valence-electron chi connectivity index (χ0n) is 14.8. The van der Waals surface area contributed by atoms with Crippen LogP contribution in [0.4, 0.5) is 5.69 Å². The van der Waals surface area contributed by atoms with Gasteiger partial charge in [-0.15, -0.1) is 12.4 Å². The third kappa shape index (κ3) is 7.05. The van der Waals surface area contributed by atoms with E-state index in [2.05, 4.69) is 0 Å². The first-order valence-electron chi connectivity index (χ1n) is 7.74. The molecule has 0 aliphatic carbocycles. The maximum atomic E-state index is 12.3. The molecule has 1 aromatic carbocycles. The topological polar surface area (TPSA) is 98.7 Å². The van der Waals surface area contributed by atoms with Gasteiger partial charge in [0.05, 0.1) is 4.92 Å². The Balaban J connectivity index is 0.00000576. The lowest BCUT2D eigenvalue weighted by molar-refractivity contribution is -0.386. The minimum absolute atomic E-state index is 0. The van der Waals surface area contributed by atoms with Gasteiger partial charge in [0.1, 0.15) is 0 Å². The van der Waals surface area contributed by atoms with Crippen LogP contribution in [-0.2, 0) is 4.79 Å². The van der Waals surface area contributed by atoms with Crippen molar-refractivity contribution in [2.75, 3.05) is 13.6 Å². The molecule has 0 heterocycles. The molecule has 0 aliphatic heterocycles. The monoisotopic (exact) mass is 393 g/mol. The summed E-state index contributed by atoms with van der Waals surface area (Å²) < 4.78 is 5.48. The molecule has 0 bridgehead atoms. The average molecular weight is 394 g/mol. The molecule has 7 nitrogen and oxygen atoms in total. The van der Waals surface area contributed by atoms with Crippen LogP contribution in [0.25, 0.3) is 0 Å². The lowest BCUT2D eigenvalue weighted by Gasteiger charge is -2.24. The third-order valence-electron chi connectivity index (χ3n) is 3.80. The number of halogens is 2. The molecule has 142 valence electrons. The van der Waals surface area contributed by atoms with Crippen molar-refractivity contribution < 1.29 is 14.5 Å². The van der Waals surface area contributed by atoms with Crippen LogP contribution in [0.5, 0.6) is 5.75 Å². The molecule has 9 heteroatoms. The Morgan fingerprint density at radius 3 is 2.52 bits per heavy atom. The summed E-state index contributed by atoms with van der Waals surface area (Å²) in [7, 11) is 1.66. The molecule has 2 N–H and O–H groups in total. The minimum Gasteiger partial charge on any atom is -0.474 e. The van der Waals surface area contributed by atoms with Crippen molar-refractivity contribution in [2.45, 2.75) is 39.3 Å². The summed E-state index contributed by atoms with van der Waals surface area (Å²) in [6.45, 7) is 6.10. The minimum atomic E-state index is -0.856. The van der Waals surface area contributed by atoms with Crippen molar-refractivity contribution in [1.29, 1.82) is 0 Å². The van der Waals surface area contributed by atoms with Crippen molar-refractivity contribution in [3.8, 4) is 5.75 Å². The van der Waals surface area contributed by atoms with Crippen molar-refractivity contribution in [3.05, 3.63) is 33.3 Å². The van der Waals surface area contributed by atoms with Gasteiger partial charge in [-0.05, 0) is 31.4 Å². The van der Waals surface area contributed by atoms with Crippen LogP contribution in [0.2, 0.25) is 5.02 Å². The molecule has 0 radical (unpaired) electrons. The molecule has 2 atom stereocenters. The van der Waals surface area contributed by atoms with Gasteiger partial charge < -0.3 is 15.4 Å². The summed E-state index contributed by atoms with van der Waals surface area (Å²) >= 11 is 5.76. The fourth-order valence-electron chi connectivity index (χ4n) is 2.07. The fourth-order valence-corrected chi connectivity index (χ4v) is 2.24. The van der Waals surface area contributed by atoms with E-state index < -0.39 is 11.0 Å². The number of nitro benzene ring substituents is 1. The maximum absolute atomic E-state index is 12.3. The van der Waals surface area contributed by atoms with Gasteiger partial charge in [-0.2, -0.15) is 0 Å². The van der Waals surface area contributed by atoms with Crippen molar-refractivity contribution in [3.63, 3.8) is 0 Å². The number of likely N-dealkylation sites (N-methyl/N-ethyl adjacent to an activating group) is 1. The van der Waals surface area contributed by atoms with E-state index in [9.17, 15) is 14.9 Å². The van der Waals surface area contributed by atoms with Gasteiger partial charge in [0.25, 0.3) is 5.91 Å². The second-order valence-electron chi connectivity index (χ2n) is 6.09. The highest BCUT2D eigenvalue weighted by molar-refractivity contribution is 6.30. The summed E-state index contributed by atoms with van der Waals surface area (Å²) in [6, 6.07) is 4.07. The summed E-state index contributed by atoms with van der Waals surface area (Å²) in [6.07, 6.45) is -0.182. The van der Waals surface area contributed by atoms with E-state index in [-0.39, 0.29) is 40.8 Å². The predicted octanol–water partition coefficient (Wildman–Crippen LogP) is 3.27. The molecule has 1 rings (SSSR count). The molecule has 0 aliphatic rings. The Labute approximate surface area is 159 Å². The number of rotatable bonds is 8. The highest BCUT2D eigenvalue weighted by atomic mass is 35.5. The summed E-state index contributed by atoms with van der Waals surface area (Å²) in [5.74, 6) is 0.0756. The smallest absolute Gasteiger partial charge is 0.312 e. The lowest BCUT2D eigenvalue weighted by atomic mass is 10.0. The van der Waals surface area contributed by atoms with Crippen LogP contribution < -0.4 is 10.5 Å². The van der Waals surface area contributed by atoms with Gasteiger partial charge in [0.2, 0.25) is 0 Å². The number of nitrogens with zero attached hydrogens (tertiary/aromatic N) is 2. The number of carbonyl (C=O) groups is 1. The molecular weight excluding hydrogens is 369 g/mol. The number of nitrogens with two attached hydrogens (primary N) is 1. The van der Waals surface area contributed by atoms with Crippen molar-refractivity contribution >= 4 is 35.6 Å². The number of hydrogen-bond acceptors (Lipinski definition) is 5. The maximum Gasteiger partial charge on any atom is 0.312 e. The molecule has 0 saturated heterocycles. The highest BCUT2D eigenvalue weighted by Gasteiger charge is 2.24.